The van der Waals surface area contributed by atoms with Crippen molar-refractivity contribution in [2.75, 3.05) is 47.5 Å². The Bertz CT molecular complexity index is 1060. The molecule has 0 bridgehead atoms. The number of carbonyl (C=O) groups is 2. The van der Waals surface area contributed by atoms with E-state index in [1.165, 1.54) is 141 Å². The van der Waals surface area contributed by atoms with Gasteiger partial charge in [-0.25, -0.2) is 4.57 Å². The van der Waals surface area contributed by atoms with Crippen LogP contribution >= 0.6 is 7.82 Å². The average molecular weight is 857 g/mol. The molecule has 0 saturated heterocycles. The predicted octanol–water partition coefficient (Wildman–Crippen LogP) is 14.3. The Morgan fingerprint density at radius 2 is 0.915 bits per heavy atom. The molecule has 0 aliphatic carbocycles. The number of phosphoric ester groups is 1. The molecule has 9 nitrogen and oxygen atoms in total. The molecule has 0 aromatic carbocycles. The van der Waals surface area contributed by atoms with Crippen molar-refractivity contribution in [1.82, 2.24) is 0 Å². The second kappa shape index (κ2) is 41.8. The zero-order valence-corrected chi connectivity index (χ0v) is 40.1. The van der Waals surface area contributed by atoms with Gasteiger partial charge in [0, 0.05) is 12.8 Å². The molecule has 59 heavy (non-hydrogen) atoms. The largest absolute Gasteiger partial charge is 0.472 e. The monoisotopic (exact) mass is 857 g/mol. The van der Waals surface area contributed by atoms with Gasteiger partial charge < -0.3 is 18.9 Å². The summed E-state index contributed by atoms with van der Waals surface area (Å²) in [7, 11) is 1.48. The maximum atomic E-state index is 12.7. The van der Waals surface area contributed by atoms with E-state index >= 15 is 0 Å². The standard InChI is InChI=1S/C49H94NO8P/c1-6-8-10-12-14-16-18-20-22-24-26-27-29-31-33-35-37-39-41-48(51)55-45-47(46-57-59(53,54)56-44-43-50(3,4)5)58-49(52)42-40-38-36-34-32-30-28-25-23-21-19-17-15-13-11-9-7-2/h15,17,21,23,47H,6-14,16,18-20,22,24-46H2,1-5H3/p+1/b17-15-,23-21-. The van der Waals surface area contributed by atoms with E-state index in [2.05, 4.69) is 38.2 Å². The number of allylic oxidation sites excluding steroid dienone is 4. The highest BCUT2D eigenvalue weighted by molar-refractivity contribution is 7.47. The summed E-state index contributed by atoms with van der Waals surface area (Å²) in [4.78, 5) is 35.5. The SMILES string of the molecule is CCCCC/C=C\C/C=C\CCCCCCCCCC(=O)OC(COC(=O)CCCCCCCCCCCCCCCCCCCC)COP(=O)(O)OCC[N+](C)(C)C. The fourth-order valence-electron chi connectivity index (χ4n) is 6.87. The van der Waals surface area contributed by atoms with E-state index in [9.17, 15) is 19.0 Å². The highest BCUT2D eigenvalue weighted by atomic mass is 31.2. The fraction of sp³-hybridized carbons (Fsp3) is 0.878. The van der Waals surface area contributed by atoms with Crippen LogP contribution in [-0.2, 0) is 32.7 Å². The lowest BCUT2D eigenvalue weighted by atomic mass is 10.0. The van der Waals surface area contributed by atoms with Crippen LogP contribution in [0.2, 0.25) is 0 Å². The zero-order chi connectivity index (χ0) is 43.6. The first-order valence-electron chi connectivity index (χ1n) is 24.6. The minimum atomic E-state index is -4.38. The molecule has 0 amide bonds. The minimum Gasteiger partial charge on any atom is -0.462 e. The van der Waals surface area contributed by atoms with Crippen molar-refractivity contribution >= 4 is 19.8 Å². The Hall–Kier alpha value is -1.51. The molecule has 348 valence electrons. The molecule has 2 unspecified atom stereocenters. The van der Waals surface area contributed by atoms with Gasteiger partial charge >= 0.3 is 19.8 Å². The molecule has 2 atom stereocenters. The van der Waals surface area contributed by atoms with Crippen LogP contribution in [0.1, 0.15) is 226 Å². The lowest BCUT2D eigenvalue weighted by molar-refractivity contribution is -0.870. The summed E-state index contributed by atoms with van der Waals surface area (Å²) < 4.78 is 34.4. The van der Waals surface area contributed by atoms with Crippen LogP contribution in [-0.4, -0.2) is 74.9 Å². The van der Waals surface area contributed by atoms with Crippen LogP contribution in [0.3, 0.4) is 0 Å². The normalized spacial score (nSPS) is 13.7. The summed E-state index contributed by atoms with van der Waals surface area (Å²) in [5.74, 6) is -0.797. The van der Waals surface area contributed by atoms with Crippen molar-refractivity contribution in [3.8, 4) is 0 Å². The predicted molar refractivity (Wildman–Crippen MR) is 247 cm³/mol. The number of carbonyl (C=O) groups excluding carboxylic acids is 2. The molecule has 0 aliphatic heterocycles. The first-order chi connectivity index (χ1) is 28.5. The van der Waals surface area contributed by atoms with Crippen LogP contribution < -0.4 is 0 Å². The van der Waals surface area contributed by atoms with Crippen molar-refractivity contribution < 1.29 is 42.1 Å². The third-order valence-corrected chi connectivity index (χ3v) is 11.7. The second-order valence-electron chi connectivity index (χ2n) is 17.9. The maximum Gasteiger partial charge on any atom is 0.472 e. The average Bonchev–Trinajstić information content (AvgIpc) is 3.19. The van der Waals surface area contributed by atoms with E-state index in [4.69, 9.17) is 18.5 Å². The van der Waals surface area contributed by atoms with Gasteiger partial charge in [-0.1, -0.05) is 192 Å². The Morgan fingerprint density at radius 3 is 1.37 bits per heavy atom. The van der Waals surface area contributed by atoms with E-state index in [0.29, 0.717) is 23.9 Å². The number of phosphoric acid groups is 1. The molecular formula is C49H95NO8P+. The summed E-state index contributed by atoms with van der Waals surface area (Å²) in [6.07, 6.45) is 46.5. The molecule has 0 spiro atoms. The van der Waals surface area contributed by atoms with Crippen molar-refractivity contribution in [3.05, 3.63) is 24.3 Å². The van der Waals surface area contributed by atoms with Gasteiger partial charge in [0.05, 0.1) is 27.7 Å². The number of rotatable bonds is 45. The first kappa shape index (κ1) is 57.5. The van der Waals surface area contributed by atoms with E-state index in [0.717, 1.165) is 51.4 Å². The van der Waals surface area contributed by atoms with Gasteiger partial charge in [-0.3, -0.25) is 18.6 Å². The number of likely N-dealkylation sites (N-methyl/N-ethyl adjacent to an activating group) is 1. The zero-order valence-electron chi connectivity index (χ0n) is 39.2. The molecule has 0 saturated carbocycles. The third kappa shape index (κ3) is 45.8. The molecule has 0 heterocycles. The molecule has 0 aromatic heterocycles. The summed E-state index contributed by atoms with van der Waals surface area (Å²) in [6, 6.07) is 0. The third-order valence-electron chi connectivity index (χ3n) is 10.7. The van der Waals surface area contributed by atoms with Gasteiger partial charge in [-0.15, -0.1) is 0 Å². The van der Waals surface area contributed by atoms with Gasteiger partial charge in [0.25, 0.3) is 0 Å². The molecule has 1 N–H and O–H groups in total. The van der Waals surface area contributed by atoms with Gasteiger partial charge in [-0.2, -0.15) is 0 Å². The van der Waals surface area contributed by atoms with Gasteiger partial charge in [0.2, 0.25) is 0 Å². The Morgan fingerprint density at radius 1 is 0.525 bits per heavy atom. The van der Waals surface area contributed by atoms with E-state index in [1.54, 1.807) is 0 Å². The molecule has 0 radical (unpaired) electrons. The maximum absolute atomic E-state index is 12.7. The van der Waals surface area contributed by atoms with Crippen molar-refractivity contribution in [2.45, 2.75) is 232 Å². The lowest BCUT2D eigenvalue weighted by Crippen LogP contribution is -2.37. The Balaban J connectivity index is 4.27. The van der Waals surface area contributed by atoms with Crippen molar-refractivity contribution in [3.63, 3.8) is 0 Å². The molecule has 0 aromatic rings. The number of hydrogen-bond acceptors (Lipinski definition) is 7. The summed E-state index contributed by atoms with van der Waals surface area (Å²) in [5.41, 5.74) is 0. The van der Waals surface area contributed by atoms with E-state index in [1.807, 2.05) is 21.1 Å². The molecule has 0 aliphatic rings. The Labute approximate surface area is 364 Å². The Kier molecular flexibility index (Phi) is 40.8. The smallest absolute Gasteiger partial charge is 0.462 e. The number of unbranched alkanes of at least 4 members (excludes halogenated alkanes) is 27. The first-order valence-corrected chi connectivity index (χ1v) is 26.1. The number of quaternary nitrogens is 1. The van der Waals surface area contributed by atoms with E-state index in [-0.39, 0.29) is 25.6 Å². The molecule has 10 heteroatoms. The number of hydrogen-bond donors (Lipinski definition) is 1. The van der Waals surface area contributed by atoms with Crippen LogP contribution in [0.15, 0.2) is 24.3 Å². The molecule has 0 fully saturated rings. The summed E-state index contributed by atoms with van der Waals surface area (Å²) >= 11 is 0. The van der Waals surface area contributed by atoms with Crippen molar-refractivity contribution in [1.29, 1.82) is 0 Å². The minimum absolute atomic E-state index is 0.0320. The highest BCUT2D eigenvalue weighted by Gasteiger charge is 2.27. The fourth-order valence-corrected chi connectivity index (χ4v) is 7.61. The highest BCUT2D eigenvalue weighted by Crippen LogP contribution is 2.43. The van der Waals surface area contributed by atoms with E-state index < -0.39 is 26.5 Å². The topological polar surface area (TPSA) is 108 Å². The lowest BCUT2D eigenvalue weighted by Gasteiger charge is -2.24. The van der Waals surface area contributed by atoms with Gasteiger partial charge in [0.1, 0.15) is 19.8 Å². The van der Waals surface area contributed by atoms with Crippen LogP contribution in [0.25, 0.3) is 0 Å². The number of esters is 2. The number of ether oxygens (including phenoxy) is 2. The van der Waals surface area contributed by atoms with Gasteiger partial charge in [-0.05, 0) is 44.9 Å². The number of nitrogens with zero attached hydrogens (tertiary/aromatic N) is 1. The van der Waals surface area contributed by atoms with Crippen molar-refractivity contribution in [2.24, 2.45) is 0 Å². The molecule has 0 rings (SSSR count). The van der Waals surface area contributed by atoms with Crippen LogP contribution in [0, 0.1) is 0 Å². The molecular weight excluding hydrogens is 762 g/mol. The second-order valence-corrected chi connectivity index (χ2v) is 19.3. The van der Waals surface area contributed by atoms with Gasteiger partial charge in [0.15, 0.2) is 6.10 Å². The summed E-state index contributed by atoms with van der Waals surface area (Å²) in [6.45, 7) is 4.42. The summed E-state index contributed by atoms with van der Waals surface area (Å²) in [5, 5.41) is 0. The quantitative estimate of drug-likeness (QED) is 0.0212. The van der Waals surface area contributed by atoms with Crippen LogP contribution in [0.5, 0.6) is 0 Å². The van der Waals surface area contributed by atoms with Crippen LogP contribution in [0.4, 0.5) is 0 Å².